The molecule has 0 aliphatic rings. The van der Waals surface area contributed by atoms with Crippen molar-refractivity contribution in [1.82, 2.24) is 19.6 Å². The standard InChI is InChI=1S/C17H13N5OS/c1-11-9-24-17(20-11)21-16(23)14-7-13(12-5-3-2-4-6-12)8-22-15(14)18-10-19-22/h2-10H,1H3,(H,20,21,23). The normalized spacial score (nSPS) is 10.9. The number of amides is 1. The van der Waals surface area contributed by atoms with Crippen molar-refractivity contribution in [2.75, 3.05) is 5.32 Å². The van der Waals surface area contributed by atoms with Crippen molar-refractivity contribution in [2.45, 2.75) is 6.92 Å². The van der Waals surface area contributed by atoms with Crippen molar-refractivity contribution < 1.29 is 4.79 Å². The molecule has 0 radical (unpaired) electrons. The number of rotatable bonds is 3. The summed E-state index contributed by atoms with van der Waals surface area (Å²) in [5.74, 6) is -0.250. The van der Waals surface area contributed by atoms with E-state index in [-0.39, 0.29) is 5.91 Å². The van der Waals surface area contributed by atoms with Crippen molar-refractivity contribution in [2.24, 2.45) is 0 Å². The Labute approximate surface area is 141 Å². The molecule has 0 bridgehead atoms. The smallest absolute Gasteiger partial charge is 0.261 e. The molecule has 3 aromatic heterocycles. The van der Waals surface area contributed by atoms with Crippen LogP contribution in [-0.2, 0) is 0 Å². The highest BCUT2D eigenvalue weighted by Crippen LogP contribution is 2.23. The van der Waals surface area contributed by atoms with Crippen LogP contribution in [0.3, 0.4) is 0 Å². The number of thiazole rings is 1. The zero-order valence-electron chi connectivity index (χ0n) is 12.8. The van der Waals surface area contributed by atoms with E-state index in [0.717, 1.165) is 16.8 Å². The van der Waals surface area contributed by atoms with Crippen LogP contribution in [-0.4, -0.2) is 25.5 Å². The van der Waals surface area contributed by atoms with Gasteiger partial charge in [-0.15, -0.1) is 11.3 Å². The number of nitrogens with one attached hydrogen (secondary N) is 1. The molecule has 4 rings (SSSR count). The number of hydrogen-bond donors (Lipinski definition) is 1. The maximum atomic E-state index is 12.7. The van der Waals surface area contributed by atoms with Crippen molar-refractivity contribution in [1.29, 1.82) is 0 Å². The van der Waals surface area contributed by atoms with E-state index in [2.05, 4.69) is 20.4 Å². The Balaban J connectivity index is 1.78. The summed E-state index contributed by atoms with van der Waals surface area (Å²) >= 11 is 1.39. The van der Waals surface area contributed by atoms with Gasteiger partial charge in [0.25, 0.3) is 5.91 Å². The molecule has 7 heteroatoms. The minimum atomic E-state index is -0.250. The first-order chi connectivity index (χ1) is 11.7. The van der Waals surface area contributed by atoms with Gasteiger partial charge in [-0.2, -0.15) is 5.10 Å². The Hall–Kier alpha value is -3.06. The summed E-state index contributed by atoms with van der Waals surface area (Å²) in [6.07, 6.45) is 3.30. The Kier molecular flexibility index (Phi) is 3.55. The fraction of sp³-hybridized carbons (Fsp3) is 0.0588. The maximum absolute atomic E-state index is 12.7. The van der Waals surface area contributed by atoms with Crippen LogP contribution in [0.4, 0.5) is 5.13 Å². The van der Waals surface area contributed by atoms with Crippen LogP contribution in [0.15, 0.2) is 54.3 Å². The van der Waals surface area contributed by atoms with E-state index < -0.39 is 0 Å². The molecule has 0 fully saturated rings. The topological polar surface area (TPSA) is 72.2 Å². The predicted octanol–water partition coefficient (Wildman–Crippen LogP) is 3.41. The summed E-state index contributed by atoms with van der Waals surface area (Å²) in [5.41, 5.74) is 3.76. The van der Waals surface area contributed by atoms with E-state index in [9.17, 15) is 4.79 Å². The molecule has 3 heterocycles. The first-order valence-corrected chi connectivity index (χ1v) is 8.21. The highest BCUT2D eigenvalue weighted by molar-refractivity contribution is 7.13. The number of pyridine rings is 1. The summed E-state index contributed by atoms with van der Waals surface area (Å²) in [4.78, 5) is 21.2. The molecule has 24 heavy (non-hydrogen) atoms. The van der Waals surface area contributed by atoms with Crippen molar-refractivity contribution in [3.8, 4) is 11.1 Å². The van der Waals surface area contributed by atoms with Gasteiger partial charge in [0.1, 0.15) is 6.33 Å². The SMILES string of the molecule is Cc1csc(NC(=O)c2cc(-c3ccccc3)cn3ncnc23)n1. The van der Waals surface area contributed by atoms with Crippen LogP contribution >= 0.6 is 11.3 Å². The van der Waals surface area contributed by atoms with E-state index in [4.69, 9.17) is 0 Å². The van der Waals surface area contributed by atoms with E-state index in [0.29, 0.717) is 16.3 Å². The monoisotopic (exact) mass is 335 g/mol. The summed E-state index contributed by atoms with van der Waals surface area (Å²) in [6, 6.07) is 11.7. The minimum absolute atomic E-state index is 0.250. The highest BCUT2D eigenvalue weighted by atomic mass is 32.1. The first-order valence-electron chi connectivity index (χ1n) is 7.33. The van der Waals surface area contributed by atoms with E-state index >= 15 is 0 Å². The number of aromatic nitrogens is 4. The number of hydrogen-bond acceptors (Lipinski definition) is 5. The van der Waals surface area contributed by atoms with Crippen LogP contribution in [0, 0.1) is 6.92 Å². The largest absolute Gasteiger partial charge is 0.298 e. The second-order valence-corrected chi connectivity index (χ2v) is 6.14. The fourth-order valence-corrected chi connectivity index (χ4v) is 3.14. The third-order valence-electron chi connectivity index (χ3n) is 3.57. The first kappa shape index (κ1) is 14.5. The van der Waals surface area contributed by atoms with Gasteiger partial charge in [-0.25, -0.2) is 14.5 Å². The average molecular weight is 335 g/mol. The molecular weight excluding hydrogens is 322 g/mol. The number of fused-ring (bicyclic) bond motifs is 1. The number of carbonyl (C=O) groups excluding carboxylic acids is 1. The Bertz CT molecular complexity index is 1020. The van der Waals surface area contributed by atoms with Gasteiger partial charge in [-0.05, 0) is 18.6 Å². The van der Waals surface area contributed by atoms with E-state index in [1.807, 2.05) is 54.9 Å². The third kappa shape index (κ3) is 2.65. The molecule has 1 N–H and O–H groups in total. The summed E-state index contributed by atoms with van der Waals surface area (Å²) < 4.78 is 1.62. The summed E-state index contributed by atoms with van der Waals surface area (Å²) in [6.45, 7) is 1.89. The van der Waals surface area contributed by atoms with Gasteiger partial charge in [0.15, 0.2) is 10.8 Å². The number of benzene rings is 1. The minimum Gasteiger partial charge on any atom is -0.298 e. The zero-order chi connectivity index (χ0) is 16.5. The molecule has 6 nitrogen and oxygen atoms in total. The Morgan fingerprint density at radius 2 is 2.04 bits per heavy atom. The van der Waals surface area contributed by atoms with Gasteiger partial charge in [0.2, 0.25) is 0 Å². The summed E-state index contributed by atoms with van der Waals surface area (Å²) in [5, 5.41) is 9.46. The molecule has 0 atom stereocenters. The second kappa shape index (κ2) is 5.86. The predicted molar refractivity (Wildman–Crippen MR) is 93.2 cm³/mol. The van der Waals surface area contributed by atoms with Crippen LogP contribution in [0.25, 0.3) is 16.8 Å². The van der Waals surface area contributed by atoms with Crippen molar-refractivity contribution in [3.63, 3.8) is 0 Å². The van der Waals surface area contributed by atoms with E-state index in [1.165, 1.54) is 17.7 Å². The molecule has 4 aromatic rings. The Morgan fingerprint density at radius 3 is 2.79 bits per heavy atom. The van der Waals surface area contributed by atoms with Gasteiger partial charge >= 0.3 is 0 Å². The lowest BCUT2D eigenvalue weighted by Crippen LogP contribution is -2.14. The number of carbonyl (C=O) groups is 1. The lowest BCUT2D eigenvalue weighted by Gasteiger charge is -2.07. The lowest BCUT2D eigenvalue weighted by atomic mass is 10.1. The van der Waals surface area contributed by atoms with Crippen molar-refractivity contribution in [3.05, 3.63) is 65.6 Å². The maximum Gasteiger partial charge on any atom is 0.261 e. The van der Waals surface area contributed by atoms with Gasteiger partial charge < -0.3 is 0 Å². The molecule has 1 aromatic carbocycles. The van der Waals surface area contributed by atoms with Gasteiger partial charge in [-0.1, -0.05) is 30.3 Å². The van der Waals surface area contributed by atoms with Gasteiger partial charge in [0, 0.05) is 17.1 Å². The molecule has 0 aliphatic heterocycles. The molecule has 0 spiro atoms. The number of aryl methyl sites for hydroxylation is 1. The molecule has 0 saturated carbocycles. The zero-order valence-corrected chi connectivity index (χ0v) is 13.6. The second-order valence-electron chi connectivity index (χ2n) is 5.28. The van der Waals surface area contributed by atoms with Gasteiger partial charge in [0.05, 0.1) is 11.3 Å². The average Bonchev–Trinajstić information content (AvgIpc) is 3.23. The lowest BCUT2D eigenvalue weighted by molar-refractivity contribution is 0.102. The molecule has 118 valence electrons. The third-order valence-corrected chi connectivity index (χ3v) is 4.44. The molecular formula is C17H13N5OS. The van der Waals surface area contributed by atoms with Crippen LogP contribution in [0.5, 0.6) is 0 Å². The molecule has 0 unspecified atom stereocenters. The molecule has 0 aliphatic carbocycles. The van der Waals surface area contributed by atoms with E-state index in [1.54, 1.807) is 4.52 Å². The number of anilines is 1. The molecule has 0 saturated heterocycles. The quantitative estimate of drug-likeness (QED) is 0.623. The van der Waals surface area contributed by atoms with Gasteiger partial charge in [-0.3, -0.25) is 10.1 Å². The summed E-state index contributed by atoms with van der Waals surface area (Å²) in [7, 11) is 0. The number of nitrogens with zero attached hydrogens (tertiary/aromatic N) is 4. The fourth-order valence-electron chi connectivity index (χ4n) is 2.46. The van der Waals surface area contributed by atoms with Crippen LogP contribution in [0.2, 0.25) is 0 Å². The molecule has 1 amide bonds. The highest BCUT2D eigenvalue weighted by Gasteiger charge is 2.16. The van der Waals surface area contributed by atoms with Crippen molar-refractivity contribution >= 4 is 28.0 Å². The Morgan fingerprint density at radius 1 is 1.21 bits per heavy atom. The van der Waals surface area contributed by atoms with Crippen LogP contribution < -0.4 is 5.32 Å². The van der Waals surface area contributed by atoms with Crippen LogP contribution in [0.1, 0.15) is 16.1 Å².